The summed E-state index contributed by atoms with van der Waals surface area (Å²) in [6.07, 6.45) is 3.74. The number of aliphatic hydroxyl groups excluding tert-OH is 1. The van der Waals surface area contributed by atoms with E-state index in [2.05, 4.69) is 20.3 Å². The largest absolute Gasteiger partial charge is 0.397 e. The van der Waals surface area contributed by atoms with Gasteiger partial charge in [-0.25, -0.2) is 9.37 Å². The highest BCUT2D eigenvalue weighted by atomic mass is 19.1. The summed E-state index contributed by atoms with van der Waals surface area (Å²) in [6.45, 7) is 3.48. The van der Waals surface area contributed by atoms with Gasteiger partial charge in [-0.15, -0.1) is 0 Å². The predicted octanol–water partition coefficient (Wildman–Crippen LogP) is 2.86. The van der Waals surface area contributed by atoms with Crippen molar-refractivity contribution in [1.82, 2.24) is 15.0 Å². The fraction of sp³-hybridized carbons (Fsp3) is 0.333. The quantitative estimate of drug-likeness (QED) is 0.448. The molecule has 0 radical (unpaired) electrons. The Morgan fingerprint density at radius 2 is 2.00 bits per heavy atom. The maximum absolute atomic E-state index is 14.2. The van der Waals surface area contributed by atoms with Gasteiger partial charge in [0.15, 0.2) is 11.5 Å². The summed E-state index contributed by atoms with van der Waals surface area (Å²) in [5.74, 6) is -1.19. The van der Waals surface area contributed by atoms with E-state index in [4.69, 9.17) is 10.5 Å². The average molecular weight is 468 g/mol. The molecular weight excluding hydrogens is 441 g/mol. The van der Waals surface area contributed by atoms with Gasteiger partial charge in [-0.2, -0.15) is 0 Å². The van der Waals surface area contributed by atoms with E-state index >= 15 is 0 Å². The van der Waals surface area contributed by atoms with E-state index in [9.17, 15) is 19.4 Å². The SMILES string of the molecule is CCC1(O)C(O)CC(c2ccncc2NC(=O)c2nc(-c3ccncc3F)ccc2N)OC1C. The number of nitrogen functional groups attached to an aromatic ring is 1. The molecule has 0 aliphatic carbocycles. The van der Waals surface area contributed by atoms with Crippen LogP contribution in [0.1, 0.15) is 48.8 Å². The molecule has 0 bridgehead atoms. The van der Waals surface area contributed by atoms with Gasteiger partial charge in [0.25, 0.3) is 5.91 Å². The fourth-order valence-corrected chi connectivity index (χ4v) is 4.18. The zero-order valence-corrected chi connectivity index (χ0v) is 18.8. The highest BCUT2D eigenvalue weighted by molar-refractivity contribution is 6.06. The van der Waals surface area contributed by atoms with E-state index in [-0.39, 0.29) is 29.1 Å². The second-order valence-corrected chi connectivity index (χ2v) is 8.27. The van der Waals surface area contributed by atoms with Crippen molar-refractivity contribution in [3.63, 3.8) is 0 Å². The standard InChI is InChI=1S/C24H26FN5O4/c1-3-24(33)13(2)34-20(10-21(24)31)15-7-9-28-12-19(15)30-23(32)22-17(26)4-5-18(29-22)14-6-8-27-11-16(14)25/h4-9,11-13,20-21,31,33H,3,10,26H2,1-2H3,(H,30,32). The van der Waals surface area contributed by atoms with Crippen LogP contribution in [0.15, 0.2) is 49.1 Å². The van der Waals surface area contributed by atoms with Crippen molar-refractivity contribution in [2.45, 2.75) is 50.6 Å². The summed E-state index contributed by atoms with van der Waals surface area (Å²) in [4.78, 5) is 25.2. The van der Waals surface area contributed by atoms with Gasteiger partial charge in [0.2, 0.25) is 0 Å². The molecule has 5 N–H and O–H groups in total. The molecule has 0 spiro atoms. The summed E-state index contributed by atoms with van der Waals surface area (Å²) in [6, 6.07) is 6.14. The van der Waals surface area contributed by atoms with Crippen molar-refractivity contribution in [1.29, 1.82) is 0 Å². The molecule has 1 aliphatic rings. The maximum Gasteiger partial charge on any atom is 0.276 e. The second-order valence-electron chi connectivity index (χ2n) is 8.27. The Kier molecular flexibility index (Phi) is 6.56. The van der Waals surface area contributed by atoms with Crippen LogP contribution in [0.3, 0.4) is 0 Å². The summed E-state index contributed by atoms with van der Waals surface area (Å²) in [7, 11) is 0. The van der Waals surface area contributed by atoms with Crippen LogP contribution >= 0.6 is 0 Å². The number of nitrogens with two attached hydrogens (primary N) is 1. The van der Waals surface area contributed by atoms with E-state index in [1.54, 1.807) is 26.1 Å². The molecule has 9 nitrogen and oxygen atoms in total. The minimum atomic E-state index is -1.35. The molecule has 1 aliphatic heterocycles. The van der Waals surface area contributed by atoms with Crippen LogP contribution in [0.2, 0.25) is 0 Å². The van der Waals surface area contributed by atoms with Crippen molar-refractivity contribution in [3.05, 3.63) is 66.1 Å². The van der Waals surface area contributed by atoms with Crippen LogP contribution in [-0.2, 0) is 4.74 Å². The van der Waals surface area contributed by atoms with E-state index in [1.807, 2.05) is 0 Å². The summed E-state index contributed by atoms with van der Waals surface area (Å²) in [5.41, 5.74) is 6.03. The molecule has 1 amide bonds. The summed E-state index contributed by atoms with van der Waals surface area (Å²) < 4.78 is 20.2. The van der Waals surface area contributed by atoms with Crippen LogP contribution in [-0.4, -0.2) is 48.9 Å². The Hall–Kier alpha value is -3.47. The van der Waals surface area contributed by atoms with Gasteiger partial charge in [0, 0.05) is 29.9 Å². The van der Waals surface area contributed by atoms with Crippen molar-refractivity contribution in [2.24, 2.45) is 0 Å². The lowest BCUT2D eigenvalue weighted by molar-refractivity contribution is -0.224. The zero-order valence-electron chi connectivity index (χ0n) is 18.8. The number of halogens is 1. The minimum Gasteiger partial charge on any atom is -0.397 e. The van der Waals surface area contributed by atoms with Crippen LogP contribution in [0, 0.1) is 5.82 Å². The van der Waals surface area contributed by atoms with Gasteiger partial charge in [0.05, 0.1) is 47.8 Å². The number of carbonyl (C=O) groups is 1. The molecule has 3 aromatic rings. The number of amides is 1. The number of ether oxygens (including phenoxy) is 1. The lowest BCUT2D eigenvalue weighted by Gasteiger charge is -2.45. The van der Waals surface area contributed by atoms with Gasteiger partial charge in [-0.1, -0.05) is 6.92 Å². The first-order chi connectivity index (χ1) is 16.2. The topological polar surface area (TPSA) is 143 Å². The molecule has 4 rings (SSSR count). The first kappa shape index (κ1) is 23.7. The normalized spacial score (nSPS) is 24.6. The molecule has 0 aromatic carbocycles. The van der Waals surface area contributed by atoms with Crippen molar-refractivity contribution < 1.29 is 24.1 Å². The molecule has 1 fully saturated rings. The van der Waals surface area contributed by atoms with Crippen molar-refractivity contribution in [2.75, 3.05) is 11.1 Å². The Bertz CT molecular complexity index is 1200. The third kappa shape index (κ3) is 4.35. The molecule has 4 unspecified atom stereocenters. The van der Waals surface area contributed by atoms with E-state index < -0.39 is 35.6 Å². The molecule has 4 heterocycles. The van der Waals surface area contributed by atoms with E-state index in [0.29, 0.717) is 17.7 Å². The van der Waals surface area contributed by atoms with Gasteiger partial charge in [0.1, 0.15) is 5.60 Å². The fourth-order valence-electron chi connectivity index (χ4n) is 4.18. The van der Waals surface area contributed by atoms with Crippen molar-refractivity contribution in [3.8, 4) is 11.3 Å². The number of carbonyl (C=O) groups excluding carboxylic acids is 1. The van der Waals surface area contributed by atoms with Gasteiger partial charge < -0.3 is 26.0 Å². The molecule has 1 saturated heterocycles. The maximum atomic E-state index is 14.2. The molecule has 10 heteroatoms. The second kappa shape index (κ2) is 9.41. The lowest BCUT2D eigenvalue weighted by Crippen LogP contribution is -2.56. The van der Waals surface area contributed by atoms with E-state index in [1.165, 1.54) is 30.6 Å². The Morgan fingerprint density at radius 3 is 2.71 bits per heavy atom. The van der Waals surface area contributed by atoms with Crippen LogP contribution in [0.4, 0.5) is 15.8 Å². The van der Waals surface area contributed by atoms with Crippen LogP contribution in [0.25, 0.3) is 11.3 Å². The molecule has 178 valence electrons. The third-order valence-corrected chi connectivity index (χ3v) is 6.29. The first-order valence-corrected chi connectivity index (χ1v) is 10.9. The van der Waals surface area contributed by atoms with Gasteiger partial charge in [-0.3, -0.25) is 14.8 Å². The number of pyridine rings is 3. The van der Waals surface area contributed by atoms with Crippen LogP contribution in [0.5, 0.6) is 0 Å². The third-order valence-electron chi connectivity index (χ3n) is 6.29. The molecule has 4 atom stereocenters. The average Bonchev–Trinajstić information content (AvgIpc) is 2.83. The number of aromatic nitrogens is 3. The molecular formula is C24H26FN5O4. The number of nitrogens with zero attached hydrogens (tertiary/aromatic N) is 3. The van der Waals surface area contributed by atoms with Crippen molar-refractivity contribution >= 4 is 17.3 Å². The highest BCUT2D eigenvalue weighted by Gasteiger charge is 2.47. The number of nitrogens with one attached hydrogen (secondary N) is 1. The van der Waals surface area contributed by atoms with E-state index in [0.717, 1.165) is 6.20 Å². The zero-order chi connectivity index (χ0) is 24.5. The highest BCUT2D eigenvalue weighted by Crippen LogP contribution is 2.40. The molecule has 34 heavy (non-hydrogen) atoms. The molecule has 3 aromatic heterocycles. The van der Waals surface area contributed by atoms with Gasteiger partial charge in [-0.05, 0) is 37.6 Å². The lowest BCUT2D eigenvalue weighted by atomic mass is 9.81. The first-order valence-electron chi connectivity index (χ1n) is 10.9. The Morgan fingerprint density at radius 1 is 1.26 bits per heavy atom. The summed E-state index contributed by atoms with van der Waals surface area (Å²) in [5, 5.41) is 24.0. The smallest absolute Gasteiger partial charge is 0.276 e. The van der Waals surface area contributed by atoms with Gasteiger partial charge >= 0.3 is 0 Å². The molecule has 0 saturated carbocycles. The minimum absolute atomic E-state index is 0.0816. The number of aliphatic hydroxyl groups is 2. The predicted molar refractivity (Wildman–Crippen MR) is 123 cm³/mol. The Balaban J connectivity index is 1.61. The number of hydrogen-bond donors (Lipinski definition) is 4. The van der Waals surface area contributed by atoms with Crippen LogP contribution < -0.4 is 11.1 Å². The summed E-state index contributed by atoms with van der Waals surface area (Å²) >= 11 is 0. The Labute approximate surface area is 195 Å². The number of rotatable bonds is 5. The monoisotopic (exact) mass is 467 g/mol. The number of hydrogen-bond acceptors (Lipinski definition) is 8. The number of anilines is 2.